The van der Waals surface area contributed by atoms with Crippen molar-refractivity contribution in [3.8, 4) is 0 Å². The SMILES string of the molecule is CCCC[C@H](N)CC(C)c1cc(N)c(C(N)=O)cc1F. The molecule has 1 amide bonds. The molecule has 112 valence electrons. The Morgan fingerprint density at radius 2 is 2.05 bits per heavy atom. The van der Waals surface area contributed by atoms with Gasteiger partial charge in [0.25, 0.3) is 5.91 Å². The van der Waals surface area contributed by atoms with Gasteiger partial charge in [-0.2, -0.15) is 0 Å². The van der Waals surface area contributed by atoms with E-state index in [1.165, 1.54) is 6.07 Å². The number of primary amides is 1. The fraction of sp³-hybridized carbons (Fsp3) is 0.533. The Bertz CT molecular complexity index is 476. The fourth-order valence-electron chi connectivity index (χ4n) is 2.36. The lowest BCUT2D eigenvalue weighted by molar-refractivity contribution is 0.100. The molecule has 0 saturated carbocycles. The molecule has 4 nitrogen and oxygen atoms in total. The summed E-state index contributed by atoms with van der Waals surface area (Å²) in [6.45, 7) is 4.02. The lowest BCUT2D eigenvalue weighted by Crippen LogP contribution is -2.22. The van der Waals surface area contributed by atoms with Gasteiger partial charge >= 0.3 is 0 Å². The Kier molecular flexibility index (Phi) is 5.95. The number of nitrogens with two attached hydrogens (primary N) is 3. The van der Waals surface area contributed by atoms with Crippen LogP contribution >= 0.6 is 0 Å². The van der Waals surface area contributed by atoms with Gasteiger partial charge in [-0.25, -0.2) is 4.39 Å². The first-order valence-corrected chi connectivity index (χ1v) is 7.01. The molecule has 0 bridgehead atoms. The first-order valence-electron chi connectivity index (χ1n) is 7.01. The Labute approximate surface area is 119 Å². The van der Waals surface area contributed by atoms with E-state index in [4.69, 9.17) is 17.2 Å². The second-order valence-electron chi connectivity index (χ2n) is 5.36. The van der Waals surface area contributed by atoms with Gasteiger partial charge in [0.2, 0.25) is 0 Å². The monoisotopic (exact) mass is 281 g/mol. The molecule has 1 aromatic rings. The molecule has 20 heavy (non-hydrogen) atoms. The van der Waals surface area contributed by atoms with E-state index in [9.17, 15) is 9.18 Å². The van der Waals surface area contributed by atoms with Gasteiger partial charge in [0.1, 0.15) is 5.82 Å². The van der Waals surface area contributed by atoms with Crippen molar-refractivity contribution in [2.45, 2.75) is 51.5 Å². The number of amides is 1. The largest absolute Gasteiger partial charge is 0.398 e. The smallest absolute Gasteiger partial charge is 0.250 e. The summed E-state index contributed by atoms with van der Waals surface area (Å²) in [5.41, 5.74) is 17.6. The molecule has 0 fully saturated rings. The minimum atomic E-state index is -0.722. The molecule has 6 N–H and O–H groups in total. The van der Waals surface area contributed by atoms with Gasteiger partial charge in [-0.05, 0) is 36.5 Å². The van der Waals surface area contributed by atoms with Crippen LogP contribution in [-0.2, 0) is 0 Å². The van der Waals surface area contributed by atoms with Crippen LogP contribution < -0.4 is 17.2 Å². The molecule has 1 aromatic carbocycles. The average Bonchev–Trinajstić information content (AvgIpc) is 2.38. The number of carbonyl (C=O) groups is 1. The van der Waals surface area contributed by atoms with Crippen molar-refractivity contribution in [2.75, 3.05) is 5.73 Å². The number of rotatable bonds is 7. The number of halogens is 1. The maximum Gasteiger partial charge on any atom is 0.250 e. The first kappa shape index (κ1) is 16.4. The van der Waals surface area contributed by atoms with E-state index in [1.54, 1.807) is 0 Å². The summed E-state index contributed by atoms with van der Waals surface area (Å²) in [7, 11) is 0. The van der Waals surface area contributed by atoms with Crippen LogP contribution in [0, 0.1) is 5.82 Å². The summed E-state index contributed by atoms with van der Waals surface area (Å²) in [4.78, 5) is 11.1. The number of nitrogen functional groups attached to an aromatic ring is 1. The van der Waals surface area contributed by atoms with Crippen LogP contribution in [0.15, 0.2) is 12.1 Å². The van der Waals surface area contributed by atoms with Crippen molar-refractivity contribution >= 4 is 11.6 Å². The maximum atomic E-state index is 14.0. The van der Waals surface area contributed by atoms with E-state index in [0.29, 0.717) is 12.0 Å². The number of unbranched alkanes of at least 4 members (excludes halogenated alkanes) is 1. The van der Waals surface area contributed by atoms with Crippen LogP contribution in [0.5, 0.6) is 0 Å². The molecule has 0 saturated heterocycles. The molecular weight excluding hydrogens is 257 g/mol. The third-order valence-electron chi connectivity index (χ3n) is 3.55. The van der Waals surface area contributed by atoms with Gasteiger partial charge in [0.05, 0.1) is 5.56 Å². The normalized spacial score (nSPS) is 14.0. The molecule has 1 unspecified atom stereocenters. The van der Waals surface area contributed by atoms with Crippen molar-refractivity contribution < 1.29 is 9.18 Å². The van der Waals surface area contributed by atoms with Crippen LogP contribution in [-0.4, -0.2) is 11.9 Å². The van der Waals surface area contributed by atoms with Crippen LogP contribution in [0.3, 0.4) is 0 Å². The predicted octanol–water partition coefficient (Wildman–Crippen LogP) is 2.52. The number of carbonyl (C=O) groups excluding carboxylic acids is 1. The second kappa shape index (κ2) is 7.24. The van der Waals surface area contributed by atoms with Crippen LogP contribution in [0.25, 0.3) is 0 Å². The number of anilines is 1. The first-order chi connectivity index (χ1) is 9.36. The Hall–Kier alpha value is -1.62. The third kappa shape index (κ3) is 4.20. The minimum Gasteiger partial charge on any atom is -0.398 e. The topological polar surface area (TPSA) is 95.1 Å². The Morgan fingerprint density at radius 3 is 2.60 bits per heavy atom. The lowest BCUT2D eigenvalue weighted by Gasteiger charge is -2.19. The van der Waals surface area contributed by atoms with E-state index < -0.39 is 11.7 Å². The molecule has 0 aliphatic rings. The highest BCUT2D eigenvalue weighted by atomic mass is 19.1. The minimum absolute atomic E-state index is 0.0220. The summed E-state index contributed by atoms with van der Waals surface area (Å²) in [5, 5.41) is 0. The van der Waals surface area contributed by atoms with E-state index in [0.717, 1.165) is 25.3 Å². The van der Waals surface area contributed by atoms with E-state index in [-0.39, 0.29) is 23.2 Å². The number of hydrogen-bond donors (Lipinski definition) is 3. The summed E-state index contributed by atoms with van der Waals surface area (Å²) in [6, 6.07) is 2.65. The molecule has 0 aliphatic heterocycles. The molecule has 0 heterocycles. The molecule has 0 aliphatic carbocycles. The van der Waals surface area contributed by atoms with E-state index in [1.807, 2.05) is 6.92 Å². The van der Waals surface area contributed by atoms with Crippen molar-refractivity contribution in [3.05, 3.63) is 29.1 Å². The van der Waals surface area contributed by atoms with E-state index in [2.05, 4.69) is 6.92 Å². The molecule has 0 spiro atoms. The van der Waals surface area contributed by atoms with Crippen molar-refractivity contribution in [1.82, 2.24) is 0 Å². The highest BCUT2D eigenvalue weighted by Crippen LogP contribution is 2.28. The molecule has 0 radical (unpaired) electrons. The van der Waals surface area contributed by atoms with Crippen LogP contribution in [0.2, 0.25) is 0 Å². The quantitative estimate of drug-likeness (QED) is 0.670. The predicted molar refractivity (Wildman–Crippen MR) is 79.9 cm³/mol. The molecular formula is C15H24FN3O. The highest BCUT2D eigenvalue weighted by Gasteiger charge is 2.18. The maximum absolute atomic E-state index is 14.0. The van der Waals surface area contributed by atoms with Gasteiger partial charge in [0, 0.05) is 11.7 Å². The summed E-state index contributed by atoms with van der Waals surface area (Å²) < 4.78 is 14.0. The summed E-state index contributed by atoms with van der Waals surface area (Å²) >= 11 is 0. The average molecular weight is 281 g/mol. The van der Waals surface area contributed by atoms with Gasteiger partial charge < -0.3 is 17.2 Å². The van der Waals surface area contributed by atoms with Gasteiger partial charge in [-0.1, -0.05) is 26.7 Å². The lowest BCUT2D eigenvalue weighted by atomic mass is 9.90. The van der Waals surface area contributed by atoms with Gasteiger partial charge in [-0.15, -0.1) is 0 Å². The Morgan fingerprint density at radius 1 is 1.40 bits per heavy atom. The second-order valence-corrected chi connectivity index (χ2v) is 5.36. The standard InChI is InChI=1S/C15H24FN3O/c1-3-4-5-10(17)6-9(2)11-8-14(18)12(15(19)20)7-13(11)16/h7-10H,3-6,17-18H2,1-2H3,(H2,19,20)/t9?,10-/m0/s1. The van der Waals surface area contributed by atoms with Crippen molar-refractivity contribution in [3.63, 3.8) is 0 Å². The molecule has 2 atom stereocenters. The van der Waals surface area contributed by atoms with Gasteiger partial charge in [-0.3, -0.25) is 4.79 Å². The number of benzene rings is 1. The van der Waals surface area contributed by atoms with Crippen molar-refractivity contribution in [1.29, 1.82) is 0 Å². The zero-order chi connectivity index (χ0) is 15.3. The summed E-state index contributed by atoms with van der Waals surface area (Å²) in [6.07, 6.45) is 3.78. The fourth-order valence-corrected chi connectivity index (χ4v) is 2.36. The van der Waals surface area contributed by atoms with Crippen molar-refractivity contribution in [2.24, 2.45) is 11.5 Å². The van der Waals surface area contributed by atoms with Gasteiger partial charge in [0.15, 0.2) is 0 Å². The zero-order valence-corrected chi connectivity index (χ0v) is 12.2. The van der Waals surface area contributed by atoms with Crippen LogP contribution in [0.4, 0.5) is 10.1 Å². The summed E-state index contributed by atoms with van der Waals surface area (Å²) in [5.74, 6) is -1.23. The Balaban J connectivity index is 2.85. The molecule has 1 rings (SSSR count). The molecule has 0 aromatic heterocycles. The van der Waals surface area contributed by atoms with Crippen LogP contribution in [0.1, 0.15) is 61.4 Å². The number of hydrogen-bond acceptors (Lipinski definition) is 3. The zero-order valence-electron chi connectivity index (χ0n) is 12.2. The van der Waals surface area contributed by atoms with E-state index >= 15 is 0 Å². The third-order valence-corrected chi connectivity index (χ3v) is 3.55. The molecule has 5 heteroatoms. The highest BCUT2D eigenvalue weighted by molar-refractivity contribution is 5.98.